The standard InChI is InChI=1S/C12H18ClNO4S/c1-3-12(7-15,8-16)14-19(17,18)11-6-10(13)5-4-9(11)2/h4-6,14-16H,3,7-8H2,1-2H3. The first kappa shape index (κ1) is 16.4. The van der Waals surface area contributed by atoms with E-state index in [0.717, 1.165) is 0 Å². The Morgan fingerprint density at radius 1 is 1.32 bits per heavy atom. The minimum Gasteiger partial charge on any atom is -0.394 e. The minimum atomic E-state index is -3.86. The van der Waals surface area contributed by atoms with E-state index in [1.165, 1.54) is 6.07 Å². The van der Waals surface area contributed by atoms with Crippen LogP contribution in [0.4, 0.5) is 0 Å². The molecular weight excluding hydrogens is 290 g/mol. The number of aliphatic hydroxyl groups is 2. The molecule has 19 heavy (non-hydrogen) atoms. The fourth-order valence-corrected chi connectivity index (χ4v) is 3.58. The van der Waals surface area contributed by atoms with E-state index < -0.39 is 28.8 Å². The Balaban J connectivity index is 3.21. The van der Waals surface area contributed by atoms with E-state index in [9.17, 15) is 18.6 Å². The van der Waals surface area contributed by atoms with Crippen LogP contribution in [0.25, 0.3) is 0 Å². The van der Waals surface area contributed by atoms with Crippen LogP contribution in [0.5, 0.6) is 0 Å². The summed E-state index contributed by atoms with van der Waals surface area (Å²) in [6, 6.07) is 4.54. The first-order valence-electron chi connectivity index (χ1n) is 5.82. The number of aliphatic hydroxyl groups excluding tert-OH is 2. The summed E-state index contributed by atoms with van der Waals surface area (Å²) < 4.78 is 27.0. The number of rotatable bonds is 6. The molecule has 0 aliphatic rings. The van der Waals surface area contributed by atoms with E-state index in [-0.39, 0.29) is 11.3 Å². The highest BCUT2D eigenvalue weighted by atomic mass is 35.5. The average Bonchev–Trinajstić information content (AvgIpc) is 2.39. The van der Waals surface area contributed by atoms with Crippen molar-refractivity contribution in [2.75, 3.05) is 13.2 Å². The van der Waals surface area contributed by atoms with Crippen LogP contribution in [-0.4, -0.2) is 37.4 Å². The highest BCUT2D eigenvalue weighted by Gasteiger charge is 2.33. The molecule has 0 amide bonds. The lowest BCUT2D eigenvalue weighted by Crippen LogP contribution is -2.53. The highest BCUT2D eigenvalue weighted by molar-refractivity contribution is 7.89. The summed E-state index contributed by atoms with van der Waals surface area (Å²) >= 11 is 5.80. The maximum absolute atomic E-state index is 12.3. The van der Waals surface area contributed by atoms with Crippen LogP contribution in [0.15, 0.2) is 23.1 Å². The molecule has 0 aliphatic heterocycles. The molecule has 0 saturated carbocycles. The molecular formula is C12H18ClNO4S. The molecule has 1 aromatic carbocycles. The van der Waals surface area contributed by atoms with Crippen LogP contribution in [-0.2, 0) is 10.0 Å². The predicted molar refractivity (Wildman–Crippen MR) is 73.7 cm³/mol. The number of nitrogens with one attached hydrogen (secondary N) is 1. The summed E-state index contributed by atoms with van der Waals surface area (Å²) in [5.41, 5.74) is -0.731. The molecule has 0 radical (unpaired) electrons. The molecule has 0 atom stereocenters. The van der Waals surface area contributed by atoms with Gasteiger partial charge in [-0.1, -0.05) is 24.6 Å². The third-order valence-electron chi connectivity index (χ3n) is 3.07. The topological polar surface area (TPSA) is 86.6 Å². The van der Waals surface area contributed by atoms with Crippen molar-refractivity contribution in [2.24, 2.45) is 0 Å². The maximum Gasteiger partial charge on any atom is 0.241 e. The Morgan fingerprint density at radius 3 is 2.37 bits per heavy atom. The zero-order valence-corrected chi connectivity index (χ0v) is 12.4. The molecule has 0 fully saturated rings. The van der Waals surface area contributed by atoms with E-state index in [4.69, 9.17) is 11.6 Å². The Morgan fingerprint density at radius 2 is 1.89 bits per heavy atom. The summed E-state index contributed by atoms with van der Waals surface area (Å²) in [5.74, 6) is 0. The lowest BCUT2D eigenvalue weighted by Gasteiger charge is -2.29. The van der Waals surface area contributed by atoms with E-state index in [1.807, 2.05) is 0 Å². The van der Waals surface area contributed by atoms with Crippen LogP contribution < -0.4 is 4.72 Å². The lowest BCUT2D eigenvalue weighted by atomic mass is 10.0. The molecule has 0 saturated heterocycles. The SMILES string of the molecule is CCC(CO)(CO)NS(=O)(=O)c1cc(Cl)ccc1C. The van der Waals surface area contributed by atoms with Crippen molar-refractivity contribution in [1.82, 2.24) is 4.72 Å². The zero-order valence-electron chi connectivity index (χ0n) is 10.9. The number of hydrogen-bond acceptors (Lipinski definition) is 4. The van der Waals surface area contributed by atoms with Gasteiger partial charge in [0.05, 0.1) is 23.6 Å². The molecule has 108 valence electrons. The molecule has 0 aromatic heterocycles. The van der Waals surface area contributed by atoms with Crippen LogP contribution in [0.3, 0.4) is 0 Å². The summed E-state index contributed by atoms with van der Waals surface area (Å²) in [4.78, 5) is 0.0414. The van der Waals surface area contributed by atoms with Crippen molar-refractivity contribution < 1.29 is 18.6 Å². The minimum absolute atomic E-state index is 0.0414. The average molecular weight is 308 g/mol. The third kappa shape index (κ3) is 3.67. The van der Waals surface area contributed by atoms with Crippen molar-refractivity contribution in [2.45, 2.75) is 30.7 Å². The van der Waals surface area contributed by atoms with Crippen LogP contribution in [0.1, 0.15) is 18.9 Å². The lowest BCUT2D eigenvalue weighted by molar-refractivity contribution is 0.105. The molecule has 1 rings (SSSR count). The van der Waals surface area contributed by atoms with Crippen molar-refractivity contribution in [3.8, 4) is 0 Å². The number of hydrogen-bond donors (Lipinski definition) is 3. The summed E-state index contributed by atoms with van der Waals surface area (Å²) in [7, 11) is -3.86. The molecule has 0 bridgehead atoms. The van der Waals surface area contributed by atoms with Crippen molar-refractivity contribution in [3.05, 3.63) is 28.8 Å². The second-order valence-corrected chi connectivity index (χ2v) is 6.55. The van der Waals surface area contributed by atoms with E-state index in [1.54, 1.807) is 26.0 Å². The Kier molecular flexibility index (Phi) is 5.34. The van der Waals surface area contributed by atoms with E-state index in [0.29, 0.717) is 10.6 Å². The first-order valence-corrected chi connectivity index (χ1v) is 7.68. The number of aryl methyl sites for hydroxylation is 1. The quantitative estimate of drug-likeness (QED) is 0.733. The molecule has 1 aromatic rings. The zero-order chi connectivity index (χ0) is 14.7. The number of sulfonamides is 1. The molecule has 0 heterocycles. The molecule has 0 aliphatic carbocycles. The predicted octanol–water partition coefficient (Wildman–Crippen LogP) is 1.06. The Bertz CT molecular complexity index is 532. The maximum atomic E-state index is 12.3. The van der Waals surface area contributed by atoms with Gasteiger partial charge in [0, 0.05) is 5.02 Å². The van der Waals surface area contributed by atoms with Crippen LogP contribution in [0, 0.1) is 6.92 Å². The normalized spacial score (nSPS) is 12.7. The van der Waals surface area contributed by atoms with Gasteiger partial charge in [-0.2, -0.15) is 0 Å². The Labute approximate surface area is 118 Å². The highest BCUT2D eigenvalue weighted by Crippen LogP contribution is 2.22. The van der Waals surface area contributed by atoms with Gasteiger partial charge in [0.25, 0.3) is 0 Å². The first-order chi connectivity index (χ1) is 8.80. The van der Waals surface area contributed by atoms with Gasteiger partial charge < -0.3 is 10.2 Å². The number of benzene rings is 1. The fourth-order valence-electron chi connectivity index (χ4n) is 1.61. The summed E-state index contributed by atoms with van der Waals surface area (Å²) in [6.07, 6.45) is 0.263. The van der Waals surface area contributed by atoms with Crippen molar-refractivity contribution in [3.63, 3.8) is 0 Å². The van der Waals surface area contributed by atoms with Gasteiger partial charge in [0.1, 0.15) is 0 Å². The molecule has 0 unspecified atom stereocenters. The van der Waals surface area contributed by atoms with Gasteiger partial charge in [-0.05, 0) is 31.0 Å². The smallest absolute Gasteiger partial charge is 0.241 e. The van der Waals surface area contributed by atoms with Crippen LogP contribution in [0.2, 0.25) is 5.02 Å². The van der Waals surface area contributed by atoms with Crippen LogP contribution >= 0.6 is 11.6 Å². The van der Waals surface area contributed by atoms with Gasteiger partial charge in [-0.25, -0.2) is 13.1 Å². The van der Waals surface area contributed by atoms with E-state index >= 15 is 0 Å². The molecule has 7 heteroatoms. The monoisotopic (exact) mass is 307 g/mol. The summed E-state index contributed by atoms with van der Waals surface area (Å²) in [6.45, 7) is 2.36. The number of halogens is 1. The Hall–Kier alpha value is -0.660. The van der Waals surface area contributed by atoms with Gasteiger partial charge in [-0.15, -0.1) is 0 Å². The van der Waals surface area contributed by atoms with Gasteiger partial charge in [0.2, 0.25) is 10.0 Å². The van der Waals surface area contributed by atoms with Gasteiger partial charge in [-0.3, -0.25) is 0 Å². The largest absolute Gasteiger partial charge is 0.394 e. The fraction of sp³-hybridized carbons (Fsp3) is 0.500. The second kappa shape index (κ2) is 6.19. The summed E-state index contributed by atoms with van der Waals surface area (Å²) in [5, 5.41) is 18.9. The third-order valence-corrected chi connectivity index (χ3v) is 5.03. The van der Waals surface area contributed by atoms with Crippen molar-refractivity contribution in [1.29, 1.82) is 0 Å². The van der Waals surface area contributed by atoms with Gasteiger partial charge in [0.15, 0.2) is 0 Å². The molecule has 3 N–H and O–H groups in total. The van der Waals surface area contributed by atoms with Gasteiger partial charge >= 0.3 is 0 Å². The van der Waals surface area contributed by atoms with E-state index in [2.05, 4.69) is 4.72 Å². The van der Waals surface area contributed by atoms with Crippen molar-refractivity contribution >= 4 is 21.6 Å². The molecule has 5 nitrogen and oxygen atoms in total. The second-order valence-electron chi connectivity index (χ2n) is 4.47. The molecule has 0 spiro atoms.